The van der Waals surface area contributed by atoms with Crippen LogP contribution < -0.4 is 4.90 Å². The Morgan fingerprint density at radius 3 is 2.14 bits per heavy atom. The highest BCUT2D eigenvalue weighted by Gasteiger charge is 2.47. The Morgan fingerprint density at radius 1 is 1.21 bits per heavy atom. The van der Waals surface area contributed by atoms with Crippen molar-refractivity contribution in [1.29, 1.82) is 0 Å². The molecule has 1 amide bonds. The van der Waals surface area contributed by atoms with Crippen molar-refractivity contribution in [3.63, 3.8) is 0 Å². The minimum Gasteiger partial charge on any atom is -0.443 e. The predicted octanol–water partition coefficient (Wildman–Crippen LogP) is 8.14. The summed E-state index contributed by atoms with van der Waals surface area (Å²) in [7, 11) is 0. The molecule has 0 atom stereocenters. The number of fused-ring (bicyclic) bond motifs is 1. The number of amides is 1. The lowest BCUT2D eigenvalue weighted by atomic mass is 9.75. The summed E-state index contributed by atoms with van der Waals surface area (Å²) in [6.07, 6.45) is 5.26. The third-order valence-corrected chi connectivity index (χ3v) is 5.49. The second-order valence-corrected chi connectivity index (χ2v) is 8.70. The maximum Gasteiger partial charge on any atom is 0.416 e. The molecule has 1 aliphatic heterocycles. The summed E-state index contributed by atoms with van der Waals surface area (Å²) in [6.45, 7) is 18.5. The quantitative estimate of drug-likeness (QED) is 0.439. The molecule has 2 heterocycles. The fraction of sp³-hybridized carbons (Fsp3) is 0.727. The van der Waals surface area contributed by atoms with Crippen LogP contribution in [0, 0.1) is 0 Å². The molecule has 0 aliphatic carbocycles. The van der Waals surface area contributed by atoms with E-state index < -0.39 is 5.60 Å². The third kappa shape index (κ3) is 6.35. The number of pyridine rings is 1. The predicted molar refractivity (Wildman–Crippen MR) is 125 cm³/mol. The van der Waals surface area contributed by atoms with E-state index in [1.54, 1.807) is 11.1 Å². The second-order valence-electron chi connectivity index (χ2n) is 7.47. The standard InChI is InChI=1S/C18H26BrClN2O2.2C2H6/c1-6-8-18(9-7-2)11-22(16(23)24-17(3,4)5)15-13(18)14(20)12(19)10-21-15;2*1-2/h10H,6-9,11H2,1-5H3;2*1-2H3. The second kappa shape index (κ2) is 12.0. The molecular weight excluding hydrogens is 440 g/mol. The third-order valence-electron chi connectivity index (χ3n) is 4.27. The molecule has 1 aromatic heterocycles. The molecule has 0 fully saturated rings. The first-order chi connectivity index (χ1) is 13.1. The lowest BCUT2D eigenvalue weighted by Gasteiger charge is -2.30. The van der Waals surface area contributed by atoms with Gasteiger partial charge in [-0.3, -0.25) is 4.90 Å². The fourth-order valence-corrected chi connectivity index (χ4v) is 4.18. The van der Waals surface area contributed by atoms with Crippen LogP contribution in [-0.4, -0.2) is 23.2 Å². The molecule has 0 aromatic carbocycles. The molecule has 0 bridgehead atoms. The Morgan fingerprint density at radius 2 is 1.71 bits per heavy atom. The number of ether oxygens (including phenoxy) is 1. The van der Waals surface area contributed by atoms with Crippen molar-refractivity contribution in [3.05, 3.63) is 21.3 Å². The molecular formula is C22H38BrClN2O2. The average molecular weight is 478 g/mol. The summed E-state index contributed by atoms with van der Waals surface area (Å²) < 4.78 is 6.36. The molecule has 2 rings (SSSR count). The smallest absolute Gasteiger partial charge is 0.416 e. The van der Waals surface area contributed by atoms with Gasteiger partial charge in [-0.1, -0.05) is 66.0 Å². The lowest BCUT2D eigenvalue weighted by molar-refractivity contribution is 0.0575. The summed E-state index contributed by atoms with van der Waals surface area (Å²) in [5.41, 5.74) is 0.272. The summed E-state index contributed by atoms with van der Waals surface area (Å²) in [6, 6.07) is 0. The average Bonchev–Trinajstić information content (AvgIpc) is 2.96. The van der Waals surface area contributed by atoms with Gasteiger partial charge in [-0.2, -0.15) is 0 Å². The van der Waals surface area contributed by atoms with Crippen LogP contribution in [0.1, 0.15) is 93.6 Å². The van der Waals surface area contributed by atoms with Gasteiger partial charge >= 0.3 is 6.09 Å². The molecule has 1 aliphatic rings. The Balaban J connectivity index is 0.00000171. The summed E-state index contributed by atoms with van der Waals surface area (Å²) in [4.78, 5) is 18.9. The van der Waals surface area contributed by atoms with Crippen molar-refractivity contribution in [2.24, 2.45) is 0 Å². The zero-order valence-corrected chi connectivity index (χ0v) is 21.4. The first-order valence-corrected chi connectivity index (χ1v) is 11.7. The van der Waals surface area contributed by atoms with Crippen molar-refractivity contribution < 1.29 is 9.53 Å². The number of nitrogens with zero attached hydrogens (tertiary/aromatic N) is 2. The molecule has 0 saturated heterocycles. The van der Waals surface area contributed by atoms with Crippen LogP contribution in [0.25, 0.3) is 0 Å². The molecule has 6 heteroatoms. The van der Waals surface area contributed by atoms with Crippen molar-refractivity contribution in [2.45, 2.75) is 99.0 Å². The number of aromatic nitrogens is 1. The normalized spacial score (nSPS) is 14.3. The highest BCUT2D eigenvalue weighted by atomic mass is 79.9. The van der Waals surface area contributed by atoms with Crippen LogP contribution in [0.2, 0.25) is 5.02 Å². The molecule has 0 radical (unpaired) electrons. The largest absolute Gasteiger partial charge is 0.443 e. The van der Waals surface area contributed by atoms with Crippen molar-refractivity contribution >= 4 is 39.4 Å². The zero-order chi connectivity index (χ0) is 22.1. The minimum absolute atomic E-state index is 0.163. The van der Waals surface area contributed by atoms with Crippen molar-refractivity contribution in [3.8, 4) is 0 Å². The van der Waals surface area contributed by atoms with Crippen LogP contribution in [0.3, 0.4) is 0 Å². The van der Waals surface area contributed by atoms with Crippen LogP contribution in [0.4, 0.5) is 10.6 Å². The highest BCUT2D eigenvalue weighted by Crippen LogP contribution is 2.50. The number of carbonyl (C=O) groups is 1. The van der Waals surface area contributed by atoms with E-state index in [1.165, 1.54) is 0 Å². The van der Waals surface area contributed by atoms with Gasteiger partial charge in [-0.15, -0.1) is 0 Å². The maximum absolute atomic E-state index is 12.7. The summed E-state index contributed by atoms with van der Waals surface area (Å²) in [5, 5.41) is 0.660. The molecule has 28 heavy (non-hydrogen) atoms. The van der Waals surface area contributed by atoms with E-state index >= 15 is 0 Å². The topological polar surface area (TPSA) is 42.4 Å². The number of carbonyl (C=O) groups excluding carboxylic acids is 1. The van der Waals surface area contributed by atoms with Crippen LogP contribution in [0.15, 0.2) is 10.7 Å². The van der Waals surface area contributed by atoms with Crippen LogP contribution in [0.5, 0.6) is 0 Å². The van der Waals surface area contributed by atoms with E-state index in [4.69, 9.17) is 16.3 Å². The molecule has 0 spiro atoms. The first-order valence-electron chi connectivity index (χ1n) is 10.5. The summed E-state index contributed by atoms with van der Waals surface area (Å²) >= 11 is 10.1. The Kier molecular flexibility index (Phi) is 11.7. The van der Waals surface area contributed by atoms with Crippen LogP contribution >= 0.6 is 27.5 Å². The van der Waals surface area contributed by atoms with E-state index in [9.17, 15) is 4.79 Å². The molecule has 1 aromatic rings. The van der Waals surface area contributed by atoms with Gasteiger partial charge in [0.05, 0.1) is 9.50 Å². The Bertz CT molecular complexity index is 624. The highest BCUT2D eigenvalue weighted by molar-refractivity contribution is 9.10. The van der Waals surface area contributed by atoms with Gasteiger partial charge in [-0.05, 0) is 49.5 Å². The van der Waals surface area contributed by atoms with E-state index in [0.29, 0.717) is 17.4 Å². The van der Waals surface area contributed by atoms with Gasteiger partial charge < -0.3 is 4.74 Å². The van der Waals surface area contributed by atoms with Crippen LogP contribution in [-0.2, 0) is 10.2 Å². The molecule has 0 N–H and O–H groups in total. The number of halogens is 2. The Hall–Kier alpha value is -0.810. The number of rotatable bonds is 4. The SMILES string of the molecule is CC.CC.CCCC1(CCC)CN(C(=O)OC(C)(C)C)c2ncc(Br)c(Cl)c21. The van der Waals surface area contributed by atoms with E-state index in [2.05, 4.69) is 34.8 Å². The van der Waals surface area contributed by atoms with E-state index in [0.717, 1.165) is 35.7 Å². The molecule has 0 unspecified atom stereocenters. The zero-order valence-electron chi connectivity index (χ0n) is 19.1. The lowest BCUT2D eigenvalue weighted by Crippen LogP contribution is -2.40. The minimum atomic E-state index is -0.544. The monoisotopic (exact) mass is 476 g/mol. The number of hydrogen-bond donors (Lipinski definition) is 0. The van der Waals surface area contributed by atoms with Crippen molar-refractivity contribution in [1.82, 2.24) is 4.98 Å². The first kappa shape index (κ1) is 27.2. The number of hydrogen-bond acceptors (Lipinski definition) is 3. The fourth-order valence-electron chi connectivity index (χ4n) is 3.55. The van der Waals surface area contributed by atoms with E-state index in [1.807, 2.05) is 48.5 Å². The summed E-state index contributed by atoms with van der Waals surface area (Å²) in [5.74, 6) is 0.638. The maximum atomic E-state index is 12.7. The van der Waals surface area contributed by atoms with E-state index in [-0.39, 0.29) is 11.5 Å². The van der Waals surface area contributed by atoms with Crippen molar-refractivity contribution in [2.75, 3.05) is 11.4 Å². The molecule has 0 saturated carbocycles. The van der Waals surface area contributed by atoms with Gasteiger partial charge in [0.15, 0.2) is 0 Å². The van der Waals surface area contributed by atoms with Gasteiger partial charge in [0, 0.05) is 23.7 Å². The number of anilines is 1. The van der Waals surface area contributed by atoms with Gasteiger partial charge in [0.25, 0.3) is 0 Å². The molecule has 4 nitrogen and oxygen atoms in total. The van der Waals surface area contributed by atoms with Gasteiger partial charge in [0.1, 0.15) is 11.4 Å². The van der Waals surface area contributed by atoms with Gasteiger partial charge in [0.2, 0.25) is 0 Å². The van der Waals surface area contributed by atoms with Gasteiger partial charge in [-0.25, -0.2) is 9.78 Å². The molecule has 162 valence electrons. The Labute approximate surface area is 185 Å².